The average Bonchev–Trinajstić information content (AvgIpc) is 1.59. The Bertz CT molecular complexity index is 103. The van der Waals surface area contributed by atoms with Crippen molar-refractivity contribution in [1.29, 1.82) is 0 Å². The molecule has 0 aliphatic rings. The maximum Gasteiger partial charge on any atom is 0.0795 e. The third-order valence-electron chi connectivity index (χ3n) is 0.468. The molecule has 3 nitrogen and oxygen atoms in total. The second-order valence-electron chi connectivity index (χ2n) is 2.80. The Morgan fingerprint density at radius 3 is 1.89 bits per heavy atom. The summed E-state index contributed by atoms with van der Waals surface area (Å²) in [7, 11) is 1.84. The van der Waals surface area contributed by atoms with Crippen molar-refractivity contribution in [1.82, 2.24) is 3.22 Å². The molecule has 54 valence electrons. The van der Waals surface area contributed by atoms with E-state index in [0.29, 0.717) is 0 Å². The second kappa shape index (κ2) is 3.34. The summed E-state index contributed by atoms with van der Waals surface area (Å²) >= 11 is 2.06. The van der Waals surface area contributed by atoms with Gasteiger partial charge < -0.3 is 0 Å². The van der Waals surface area contributed by atoms with Gasteiger partial charge in [-0.25, -0.2) is 3.22 Å². The van der Waals surface area contributed by atoms with Crippen molar-refractivity contribution < 1.29 is 0 Å². The first kappa shape index (κ1) is 9.13. The lowest BCUT2D eigenvalue weighted by Gasteiger charge is -2.09. The molecule has 0 unspecified atom stereocenters. The van der Waals surface area contributed by atoms with E-state index in [0.717, 1.165) is 0 Å². The lowest BCUT2D eigenvalue weighted by atomic mass is 10.1. The molecule has 0 bridgehead atoms. The summed E-state index contributed by atoms with van der Waals surface area (Å²) in [5, 5.41) is 7.84. The molecule has 0 amide bonds. The fourth-order valence-electron chi connectivity index (χ4n) is 0.196. The fourth-order valence-corrected chi connectivity index (χ4v) is 0.292. The molecule has 0 aromatic carbocycles. The predicted octanol–water partition coefficient (Wildman–Crippen LogP) is 2.43. The minimum Gasteiger partial charge on any atom is -0.221 e. The van der Waals surface area contributed by atoms with Crippen LogP contribution in [0.2, 0.25) is 0 Å². The van der Waals surface area contributed by atoms with Crippen LogP contribution in [0.4, 0.5) is 0 Å². The Morgan fingerprint density at radius 2 is 1.78 bits per heavy atom. The summed E-state index contributed by atoms with van der Waals surface area (Å²) in [6, 6.07) is 0. The molecule has 0 aliphatic heterocycles. The highest BCUT2D eigenvalue weighted by Gasteiger charge is 2.06. The highest BCUT2D eigenvalue weighted by molar-refractivity contribution is 14.1. The third-order valence-corrected chi connectivity index (χ3v) is 0.661. The molecule has 0 aromatic heterocycles. The van der Waals surface area contributed by atoms with Crippen LogP contribution >= 0.6 is 22.9 Å². The van der Waals surface area contributed by atoms with Gasteiger partial charge in [-0.2, -0.15) is 5.11 Å². The average molecular weight is 241 g/mol. The summed E-state index contributed by atoms with van der Waals surface area (Å²) in [5.41, 5.74) is -0.0561. The fraction of sp³-hybridized carbons (Fsp3) is 1.00. The van der Waals surface area contributed by atoms with Gasteiger partial charge in [-0.1, -0.05) is 5.22 Å². The highest BCUT2D eigenvalue weighted by atomic mass is 127. The van der Waals surface area contributed by atoms with Gasteiger partial charge in [0.05, 0.1) is 28.4 Å². The van der Waals surface area contributed by atoms with E-state index in [1.54, 1.807) is 3.22 Å². The molecular formula is C5H12IN3. The zero-order valence-corrected chi connectivity index (χ0v) is 8.38. The number of halogens is 1. The Balaban J connectivity index is 3.71. The molecule has 0 rings (SSSR count). The number of rotatable bonds is 1. The lowest BCUT2D eigenvalue weighted by molar-refractivity contribution is 0.480. The summed E-state index contributed by atoms with van der Waals surface area (Å²) in [4.78, 5) is 0. The predicted molar refractivity (Wildman–Crippen MR) is 46.4 cm³/mol. The largest absolute Gasteiger partial charge is 0.221 e. The van der Waals surface area contributed by atoms with Crippen LogP contribution in [0.25, 0.3) is 0 Å². The summed E-state index contributed by atoms with van der Waals surface area (Å²) < 4.78 is 1.66. The van der Waals surface area contributed by atoms with Gasteiger partial charge in [-0.15, -0.1) is 0 Å². The maximum absolute atomic E-state index is 4.00. The van der Waals surface area contributed by atoms with E-state index in [1.165, 1.54) is 0 Å². The van der Waals surface area contributed by atoms with E-state index in [9.17, 15) is 0 Å². The minimum atomic E-state index is -0.0561. The van der Waals surface area contributed by atoms with Gasteiger partial charge in [0.1, 0.15) is 0 Å². The van der Waals surface area contributed by atoms with E-state index >= 15 is 0 Å². The first-order valence-electron chi connectivity index (χ1n) is 2.74. The SMILES string of the molecule is CN(I)N=NC(C)(C)C. The van der Waals surface area contributed by atoms with Gasteiger partial charge in [0.25, 0.3) is 0 Å². The highest BCUT2D eigenvalue weighted by Crippen LogP contribution is 2.08. The van der Waals surface area contributed by atoms with E-state index in [-0.39, 0.29) is 5.54 Å². The van der Waals surface area contributed by atoms with Crippen LogP contribution in [-0.4, -0.2) is 15.8 Å². The molecule has 0 spiro atoms. The zero-order valence-electron chi connectivity index (χ0n) is 6.22. The second-order valence-corrected chi connectivity index (χ2v) is 4.20. The van der Waals surface area contributed by atoms with E-state index in [1.807, 2.05) is 27.8 Å². The normalized spacial score (nSPS) is 12.6. The van der Waals surface area contributed by atoms with E-state index in [4.69, 9.17) is 0 Å². The van der Waals surface area contributed by atoms with Crippen molar-refractivity contribution in [2.45, 2.75) is 26.3 Å². The molecule has 0 heterocycles. The smallest absolute Gasteiger partial charge is 0.0795 e. The van der Waals surface area contributed by atoms with Crippen molar-refractivity contribution in [3.05, 3.63) is 0 Å². The van der Waals surface area contributed by atoms with Gasteiger partial charge in [0, 0.05) is 7.05 Å². The Hall–Kier alpha value is 0.130. The van der Waals surface area contributed by atoms with Crippen molar-refractivity contribution in [2.24, 2.45) is 10.3 Å². The van der Waals surface area contributed by atoms with Crippen LogP contribution in [0.15, 0.2) is 10.3 Å². The molecule has 4 heteroatoms. The van der Waals surface area contributed by atoms with Gasteiger partial charge >= 0.3 is 0 Å². The van der Waals surface area contributed by atoms with Crippen molar-refractivity contribution >= 4 is 22.9 Å². The molecule has 0 saturated heterocycles. The number of hydrogen-bond acceptors (Lipinski definition) is 2. The molecule has 0 aromatic rings. The Labute approximate surface area is 70.0 Å². The first-order valence-corrected chi connectivity index (χ1v) is 3.70. The summed E-state index contributed by atoms with van der Waals surface area (Å²) in [6.07, 6.45) is 0. The molecule has 0 radical (unpaired) electrons. The molecule has 0 N–H and O–H groups in total. The number of hydrogen-bond donors (Lipinski definition) is 0. The Kier molecular flexibility index (Phi) is 3.38. The monoisotopic (exact) mass is 241 g/mol. The Morgan fingerprint density at radius 1 is 1.33 bits per heavy atom. The molecule has 0 aliphatic carbocycles. The van der Waals surface area contributed by atoms with Crippen LogP contribution in [0.5, 0.6) is 0 Å². The van der Waals surface area contributed by atoms with Gasteiger partial charge in [0.15, 0.2) is 0 Å². The standard InChI is InChI=1S/C5H12IN3/c1-5(2,3)7-8-9(4)6/h1-4H3. The zero-order chi connectivity index (χ0) is 7.49. The molecular weight excluding hydrogens is 229 g/mol. The van der Waals surface area contributed by atoms with Gasteiger partial charge in [0.2, 0.25) is 0 Å². The first-order chi connectivity index (χ1) is 3.92. The van der Waals surface area contributed by atoms with Gasteiger partial charge in [-0.3, -0.25) is 0 Å². The third kappa shape index (κ3) is 8.13. The summed E-state index contributed by atoms with van der Waals surface area (Å²) in [6.45, 7) is 6.03. The van der Waals surface area contributed by atoms with E-state index < -0.39 is 0 Å². The van der Waals surface area contributed by atoms with Crippen LogP contribution < -0.4 is 0 Å². The molecule has 0 atom stereocenters. The molecule has 0 saturated carbocycles. The topological polar surface area (TPSA) is 28.0 Å². The van der Waals surface area contributed by atoms with Crippen molar-refractivity contribution in [3.63, 3.8) is 0 Å². The quantitative estimate of drug-likeness (QED) is 0.300. The van der Waals surface area contributed by atoms with E-state index in [2.05, 4.69) is 33.2 Å². The lowest BCUT2D eigenvalue weighted by Crippen LogP contribution is -2.09. The molecule has 0 fully saturated rings. The van der Waals surface area contributed by atoms with Crippen LogP contribution in [0, 0.1) is 0 Å². The number of nitrogens with zero attached hydrogens (tertiary/aromatic N) is 3. The van der Waals surface area contributed by atoms with Crippen molar-refractivity contribution in [2.75, 3.05) is 7.05 Å². The van der Waals surface area contributed by atoms with Crippen LogP contribution in [0.3, 0.4) is 0 Å². The van der Waals surface area contributed by atoms with Crippen LogP contribution in [-0.2, 0) is 0 Å². The molecule has 9 heavy (non-hydrogen) atoms. The summed E-state index contributed by atoms with van der Waals surface area (Å²) in [5.74, 6) is 0. The minimum absolute atomic E-state index is 0.0561. The van der Waals surface area contributed by atoms with Crippen LogP contribution in [0.1, 0.15) is 20.8 Å². The van der Waals surface area contributed by atoms with Crippen molar-refractivity contribution in [3.8, 4) is 0 Å². The maximum atomic E-state index is 4.00. The van der Waals surface area contributed by atoms with Gasteiger partial charge in [-0.05, 0) is 20.8 Å².